The van der Waals surface area contributed by atoms with Crippen LogP contribution in [0, 0.1) is 5.92 Å². The molecule has 0 aliphatic heterocycles. The molecule has 0 saturated carbocycles. The third kappa shape index (κ3) is 6.50. The first-order valence-corrected chi connectivity index (χ1v) is 11.1. The minimum atomic E-state index is -0.944. The highest BCUT2D eigenvalue weighted by molar-refractivity contribution is 6.32. The first kappa shape index (κ1) is 24.6. The molecule has 0 fully saturated rings. The van der Waals surface area contributed by atoms with Gasteiger partial charge in [0.1, 0.15) is 17.5 Å². The van der Waals surface area contributed by atoms with Crippen molar-refractivity contribution in [2.24, 2.45) is 5.92 Å². The Balaban J connectivity index is 1.80. The number of carbonyl (C=O) groups is 1. The van der Waals surface area contributed by atoms with Gasteiger partial charge in [-0.05, 0) is 24.5 Å². The van der Waals surface area contributed by atoms with E-state index in [0.29, 0.717) is 28.8 Å². The second kappa shape index (κ2) is 11.2. The summed E-state index contributed by atoms with van der Waals surface area (Å²) in [6.45, 7) is 3.79. The number of aromatic hydroxyl groups is 1. The summed E-state index contributed by atoms with van der Waals surface area (Å²) in [5, 5.41) is 36.5. The fourth-order valence-corrected chi connectivity index (χ4v) is 3.48. The van der Waals surface area contributed by atoms with Gasteiger partial charge >= 0.3 is 0 Å². The molecule has 3 atom stereocenters. The molecule has 33 heavy (non-hydrogen) atoms. The highest BCUT2D eigenvalue weighted by atomic mass is 35.5. The van der Waals surface area contributed by atoms with E-state index in [-0.39, 0.29) is 30.9 Å². The van der Waals surface area contributed by atoms with Crippen LogP contribution in [0.2, 0.25) is 5.02 Å². The van der Waals surface area contributed by atoms with Crippen LogP contribution in [0.25, 0.3) is 0 Å². The van der Waals surface area contributed by atoms with E-state index in [1.807, 2.05) is 13.8 Å². The number of hydrogen-bond acceptors (Lipinski definition) is 6. The van der Waals surface area contributed by atoms with Gasteiger partial charge in [-0.3, -0.25) is 9.48 Å². The third-order valence-electron chi connectivity index (χ3n) is 5.33. The predicted octanol–water partition coefficient (Wildman–Crippen LogP) is 3.81. The predicted molar refractivity (Wildman–Crippen MR) is 125 cm³/mol. The molecule has 0 aliphatic rings. The van der Waals surface area contributed by atoms with E-state index in [1.54, 1.807) is 42.7 Å². The zero-order valence-electron chi connectivity index (χ0n) is 18.6. The number of halogens is 1. The van der Waals surface area contributed by atoms with Gasteiger partial charge in [-0.1, -0.05) is 44.0 Å². The molecule has 4 N–H and O–H groups in total. The van der Waals surface area contributed by atoms with Crippen molar-refractivity contribution in [3.8, 4) is 17.4 Å². The van der Waals surface area contributed by atoms with E-state index >= 15 is 0 Å². The Labute approximate surface area is 197 Å². The van der Waals surface area contributed by atoms with Gasteiger partial charge in [-0.2, -0.15) is 5.10 Å². The number of rotatable bonds is 11. The normalized spacial score (nSPS) is 14.0. The van der Waals surface area contributed by atoms with Crippen LogP contribution in [0.4, 0.5) is 5.82 Å². The van der Waals surface area contributed by atoms with E-state index in [9.17, 15) is 15.0 Å². The van der Waals surface area contributed by atoms with Crippen molar-refractivity contribution in [3.63, 3.8) is 0 Å². The topological polar surface area (TPSA) is 122 Å². The molecule has 2 aromatic heterocycles. The standard InChI is InChI=1S/C23H29ClN4O5/c1-3-15(2)10-19(23(32)25-21-8-9-27(26-21)12-16(30)14-29)28-13-17(11-22(28)31)33-20-7-5-4-6-18(20)24/h4-9,11,13,15-16,19,29-31H,3,10,12,14H2,1-2H3,(H,25,26,32)/t15-,16-,19-/m1/s1. The van der Waals surface area contributed by atoms with Gasteiger partial charge in [-0.25, -0.2) is 0 Å². The molecule has 178 valence electrons. The van der Waals surface area contributed by atoms with Gasteiger partial charge in [0.15, 0.2) is 11.7 Å². The third-order valence-corrected chi connectivity index (χ3v) is 5.64. The summed E-state index contributed by atoms with van der Waals surface area (Å²) in [7, 11) is 0. The molecule has 3 rings (SSSR count). The van der Waals surface area contributed by atoms with E-state index in [4.69, 9.17) is 21.4 Å². The van der Waals surface area contributed by atoms with Crippen molar-refractivity contribution < 1.29 is 24.9 Å². The summed E-state index contributed by atoms with van der Waals surface area (Å²) >= 11 is 6.16. The number of nitrogens with one attached hydrogen (secondary N) is 1. The quantitative estimate of drug-likeness (QED) is 0.334. The Bertz CT molecular complexity index is 1070. The molecule has 0 spiro atoms. The number of benzene rings is 1. The molecular formula is C23H29ClN4O5. The number of amides is 1. The van der Waals surface area contributed by atoms with Crippen LogP contribution in [-0.4, -0.2) is 48.3 Å². The monoisotopic (exact) mass is 476 g/mol. The summed E-state index contributed by atoms with van der Waals surface area (Å²) in [5.74, 6) is 0.849. The van der Waals surface area contributed by atoms with Crippen molar-refractivity contribution in [1.82, 2.24) is 14.3 Å². The highest BCUT2D eigenvalue weighted by Gasteiger charge is 2.26. The first-order valence-electron chi connectivity index (χ1n) is 10.8. The van der Waals surface area contributed by atoms with Crippen molar-refractivity contribution in [2.45, 2.75) is 45.4 Å². The van der Waals surface area contributed by atoms with Crippen LogP contribution in [0.5, 0.6) is 17.4 Å². The molecule has 0 aliphatic carbocycles. The maximum absolute atomic E-state index is 13.2. The maximum Gasteiger partial charge on any atom is 0.248 e. The first-order chi connectivity index (χ1) is 15.8. The smallest absolute Gasteiger partial charge is 0.248 e. The minimum Gasteiger partial charge on any atom is -0.494 e. The van der Waals surface area contributed by atoms with Crippen LogP contribution in [0.15, 0.2) is 48.8 Å². The van der Waals surface area contributed by atoms with Crippen LogP contribution in [-0.2, 0) is 11.3 Å². The summed E-state index contributed by atoms with van der Waals surface area (Å²) in [4.78, 5) is 13.2. The van der Waals surface area contributed by atoms with Crippen molar-refractivity contribution in [2.75, 3.05) is 11.9 Å². The lowest BCUT2D eigenvalue weighted by atomic mass is 9.98. The zero-order chi connectivity index (χ0) is 24.0. The summed E-state index contributed by atoms with van der Waals surface area (Å²) in [6.07, 6.45) is 3.57. The molecule has 1 aromatic carbocycles. The van der Waals surface area contributed by atoms with Gasteiger partial charge in [0.25, 0.3) is 0 Å². The zero-order valence-corrected chi connectivity index (χ0v) is 19.3. The van der Waals surface area contributed by atoms with E-state index in [1.165, 1.54) is 15.3 Å². The SMILES string of the molecule is CC[C@@H](C)C[C@H](C(=O)Nc1ccn(C[C@@H](O)CO)n1)n1cc(Oc2ccccc2Cl)cc1O. The number of ether oxygens (including phenoxy) is 1. The van der Waals surface area contributed by atoms with Crippen LogP contribution in [0.1, 0.15) is 32.7 Å². The maximum atomic E-state index is 13.2. The summed E-state index contributed by atoms with van der Waals surface area (Å²) in [6, 6.07) is 9.31. The average molecular weight is 477 g/mol. The Morgan fingerprint density at radius 2 is 2.06 bits per heavy atom. The summed E-state index contributed by atoms with van der Waals surface area (Å²) in [5.41, 5.74) is 0. The van der Waals surface area contributed by atoms with E-state index in [0.717, 1.165) is 6.42 Å². The van der Waals surface area contributed by atoms with Crippen molar-refractivity contribution in [1.29, 1.82) is 0 Å². The second-order valence-electron chi connectivity index (χ2n) is 7.99. The van der Waals surface area contributed by atoms with E-state index in [2.05, 4.69) is 10.4 Å². The molecular weight excluding hydrogens is 448 g/mol. The molecule has 9 nitrogen and oxygen atoms in total. The number of anilines is 1. The van der Waals surface area contributed by atoms with Gasteiger partial charge in [0, 0.05) is 18.3 Å². The Morgan fingerprint density at radius 1 is 1.30 bits per heavy atom. The fraction of sp³-hybridized carbons (Fsp3) is 0.391. The molecule has 2 heterocycles. The lowest BCUT2D eigenvalue weighted by Gasteiger charge is -2.21. The average Bonchev–Trinajstić information content (AvgIpc) is 3.38. The largest absolute Gasteiger partial charge is 0.494 e. The molecule has 1 amide bonds. The molecule has 0 radical (unpaired) electrons. The lowest BCUT2D eigenvalue weighted by Crippen LogP contribution is -2.27. The van der Waals surface area contributed by atoms with Crippen molar-refractivity contribution in [3.05, 3.63) is 53.8 Å². The van der Waals surface area contributed by atoms with Gasteiger partial charge in [-0.15, -0.1) is 0 Å². The lowest BCUT2D eigenvalue weighted by molar-refractivity contribution is -0.119. The number of aliphatic hydroxyl groups is 2. The van der Waals surface area contributed by atoms with Crippen LogP contribution in [0.3, 0.4) is 0 Å². The Hall–Kier alpha value is -3.01. The number of nitrogens with zero attached hydrogens (tertiary/aromatic N) is 3. The number of para-hydroxylation sites is 1. The molecule has 0 unspecified atom stereocenters. The number of aromatic nitrogens is 3. The number of aliphatic hydroxyl groups excluding tert-OH is 2. The summed E-state index contributed by atoms with van der Waals surface area (Å²) < 4.78 is 8.70. The van der Waals surface area contributed by atoms with Crippen LogP contribution >= 0.6 is 11.6 Å². The van der Waals surface area contributed by atoms with E-state index < -0.39 is 12.1 Å². The second-order valence-corrected chi connectivity index (χ2v) is 8.39. The van der Waals surface area contributed by atoms with Gasteiger partial charge in [0.2, 0.25) is 5.91 Å². The molecule has 0 saturated heterocycles. The minimum absolute atomic E-state index is 0.101. The fourth-order valence-electron chi connectivity index (χ4n) is 3.31. The Morgan fingerprint density at radius 3 is 2.76 bits per heavy atom. The Kier molecular flexibility index (Phi) is 8.37. The number of hydrogen-bond donors (Lipinski definition) is 4. The van der Waals surface area contributed by atoms with Crippen molar-refractivity contribution >= 4 is 23.3 Å². The molecule has 0 bridgehead atoms. The highest BCUT2D eigenvalue weighted by Crippen LogP contribution is 2.35. The molecule has 3 aromatic rings. The number of carbonyl (C=O) groups excluding carboxylic acids is 1. The van der Waals surface area contributed by atoms with Gasteiger partial charge in [0.05, 0.1) is 30.5 Å². The molecule has 10 heteroatoms. The van der Waals surface area contributed by atoms with Crippen LogP contribution < -0.4 is 10.1 Å². The van der Waals surface area contributed by atoms with Gasteiger partial charge < -0.3 is 29.9 Å².